The standard InChI is InChI=1S/C11H13N3O2S/c1-3-8(12)9-7(11(13)17)5-4-6(2)10(9)14(15)16/h4-5,12H,3H2,1-2H3,(H2,13,17). The van der Waals surface area contributed by atoms with Crippen LogP contribution in [-0.2, 0) is 0 Å². The van der Waals surface area contributed by atoms with Crippen LogP contribution in [0.2, 0.25) is 0 Å². The molecule has 0 fully saturated rings. The van der Waals surface area contributed by atoms with E-state index in [4.69, 9.17) is 23.4 Å². The molecule has 0 amide bonds. The molecule has 0 radical (unpaired) electrons. The molecule has 6 heteroatoms. The Morgan fingerprint density at radius 3 is 2.59 bits per heavy atom. The fourth-order valence-electron chi connectivity index (χ4n) is 1.62. The van der Waals surface area contributed by atoms with Crippen molar-refractivity contribution < 1.29 is 4.92 Å². The van der Waals surface area contributed by atoms with E-state index in [1.54, 1.807) is 26.0 Å². The zero-order valence-corrected chi connectivity index (χ0v) is 10.4. The molecule has 0 heterocycles. The van der Waals surface area contributed by atoms with E-state index < -0.39 is 4.92 Å². The summed E-state index contributed by atoms with van der Waals surface area (Å²) in [5, 5.41) is 18.9. The van der Waals surface area contributed by atoms with Gasteiger partial charge in [-0.15, -0.1) is 0 Å². The number of nitrogens with zero attached hydrogens (tertiary/aromatic N) is 1. The van der Waals surface area contributed by atoms with E-state index in [0.29, 0.717) is 17.5 Å². The third kappa shape index (κ3) is 2.47. The molecule has 0 atom stereocenters. The summed E-state index contributed by atoms with van der Waals surface area (Å²) in [4.78, 5) is 10.6. The highest BCUT2D eigenvalue weighted by Crippen LogP contribution is 2.28. The molecule has 0 saturated heterocycles. The Balaban J connectivity index is 3.67. The van der Waals surface area contributed by atoms with Gasteiger partial charge in [0, 0.05) is 16.8 Å². The molecule has 17 heavy (non-hydrogen) atoms. The number of nitro groups is 1. The predicted octanol–water partition coefficient (Wildman–Crippen LogP) is 2.32. The summed E-state index contributed by atoms with van der Waals surface area (Å²) in [5.74, 6) is 0. The van der Waals surface area contributed by atoms with Crippen molar-refractivity contribution >= 4 is 28.6 Å². The average molecular weight is 251 g/mol. The van der Waals surface area contributed by atoms with Crippen LogP contribution in [0.3, 0.4) is 0 Å². The molecule has 1 aromatic rings. The number of aryl methyl sites for hydroxylation is 1. The highest BCUT2D eigenvalue weighted by molar-refractivity contribution is 7.80. The van der Waals surface area contributed by atoms with E-state index in [2.05, 4.69) is 0 Å². The summed E-state index contributed by atoms with van der Waals surface area (Å²) in [6.45, 7) is 3.39. The Bertz CT molecular complexity index is 512. The average Bonchev–Trinajstić information content (AvgIpc) is 2.26. The molecule has 3 N–H and O–H groups in total. The zero-order valence-electron chi connectivity index (χ0n) is 9.61. The van der Waals surface area contributed by atoms with Gasteiger partial charge in [-0.3, -0.25) is 10.1 Å². The molecule has 0 spiro atoms. The molecule has 0 bridgehead atoms. The molecule has 1 rings (SSSR count). The van der Waals surface area contributed by atoms with Gasteiger partial charge in [0.15, 0.2) is 0 Å². The fraction of sp³-hybridized carbons (Fsp3) is 0.273. The van der Waals surface area contributed by atoms with Gasteiger partial charge in [-0.25, -0.2) is 0 Å². The topological polar surface area (TPSA) is 93.0 Å². The molecule has 0 aliphatic carbocycles. The van der Waals surface area contributed by atoms with E-state index in [-0.39, 0.29) is 22.0 Å². The van der Waals surface area contributed by atoms with E-state index in [9.17, 15) is 10.1 Å². The van der Waals surface area contributed by atoms with Crippen LogP contribution in [0.1, 0.15) is 30.0 Å². The predicted molar refractivity (Wildman–Crippen MR) is 70.8 cm³/mol. The first-order valence-electron chi connectivity index (χ1n) is 5.05. The first kappa shape index (κ1) is 13.2. The van der Waals surface area contributed by atoms with Crippen molar-refractivity contribution in [2.24, 2.45) is 5.73 Å². The fourth-order valence-corrected chi connectivity index (χ4v) is 1.79. The monoisotopic (exact) mass is 251 g/mol. The van der Waals surface area contributed by atoms with Gasteiger partial charge in [-0.05, 0) is 13.3 Å². The molecule has 0 saturated carbocycles. The quantitative estimate of drug-likeness (QED) is 0.371. The van der Waals surface area contributed by atoms with Crippen LogP contribution in [0.15, 0.2) is 12.1 Å². The molecule has 1 aromatic carbocycles. The first-order chi connectivity index (χ1) is 7.90. The van der Waals surface area contributed by atoms with Gasteiger partial charge >= 0.3 is 0 Å². The summed E-state index contributed by atoms with van der Waals surface area (Å²) in [5.41, 5.74) is 6.76. The van der Waals surface area contributed by atoms with Crippen LogP contribution in [0.25, 0.3) is 0 Å². The number of thiocarbonyl (C=S) groups is 1. The number of nitrogens with two attached hydrogens (primary N) is 1. The third-order valence-electron chi connectivity index (χ3n) is 2.48. The van der Waals surface area contributed by atoms with Crippen molar-refractivity contribution in [3.05, 3.63) is 38.9 Å². The van der Waals surface area contributed by atoms with Gasteiger partial charge in [-0.2, -0.15) is 0 Å². The first-order valence-corrected chi connectivity index (χ1v) is 5.46. The molecular formula is C11H13N3O2S. The minimum atomic E-state index is -0.489. The number of hydrogen-bond donors (Lipinski definition) is 2. The van der Waals surface area contributed by atoms with Gasteiger partial charge in [0.1, 0.15) is 4.99 Å². The minimum Gasteiger partial charge on any atom is -0.389 e. The number of rotatable bonds is 4. The van der Waals surface area contributed by atoms with Gasteiger partial charge in [0.05, 0.1) is 10.5 Å². The molecule has 0 unspecified atom stereocenters. The largest absolute Gasteiger partial charge is 0.389 e. The van der Waals surface area contributed by atoms with Crippen molar-refractivity contribution in [1.29, 1.82) is 5.41 Å². The Hall–Kier alpha value is -1.82. The normalized spacial score (nSPS) is 10.0. The molecule has 90 valence electrons. The Kier molecular flexibility index (Phi) is 3.90. The second kappa shape index (κ2) is 5.01. The second-order valence-electron chi connectivity index (χ2n) is 3.61. The molecule has 0 aliphatic rings. The lowest BCUT2D eigenvalue weighted by Crippen LogP contribution is -2.17. The van der Waals surface area contributed by atoms with E-state index in [1.165, 1.54) is 0 Å². The zero-order chi connectivity index (χ0) is 13.2. The molecule has 0 aliphatic heterocycles. The summed E-state index contributed by atoms with van der Waals surface area (Å²) < 4.78 is 0. The smallest absolute Gasteiger partial charge is 0.281 e. The van der Waals surface area contributed by atoms with Crippen LogP contribution >= 0.6 is 12.2 Å². The second-order valence-corrected chi connectivity index (χ2v) is 4.05. The minimum absolute atomic E-state index is 0.0706. The van der Waals surface area contributed by atoms with Gasteiger partial charge in [0.25, 0.3) is 5.69 Å². The van der Waals surface area contributed by atoms with Crippen molar-refractivity contribution in [2.45, 2.75) is 20.3 Å². The maximum atomic E-state index is 11.1. The third-order valence-corrected chi connectivity index (χ3v) is 2.70. The van der Waals surface area contributed by atoms with E-state index in [1.807, 2.05) is 0 Å². The molecule has 0 aromatic heterocycles. The maximum absolute atomic E-state index is 11.1. The highest BCUT2D eigenvalue weighted by Gasteiger charge is 2.24. The van der Waals surface area contributed by atoms with Crippen molar-refractivity contribution in [2.75, 3.05) is 0 Å². The summed E-state index contributed by atoms with van der Waals surface area (Å²) >= 11 is 4.86. The number of nitrogens with one attached hydrogen (secondary N) is 1. The van der Waals surface area contributed by atoms with Crippen LogP contribution in [-0.4, -0.2) is 15.6 Å². The molecular weight excluding hydrogens is 238 g/mol. The number of hydrogen-bond acceptors (Lipinski definition) is 4. The lowest BCUT2D eigenvalue weighted by molar-refractivity contribution is -0.385. The number of nitro benzene ring substituents is 1. The van der Waals surface area contributed by atoms with Gasteiger partial charge in [0.2, 0.25) is 0 Å². The molecule has 5 nitrogen and oxygen atoms in total. The van der Waals surface area contributed by atoms with E-state index in [0.717, 1.165) is 0 Å². The van der Waals surface area contributed by atoms with Gasteiger partial charge in [-0.1, -0.05) is 31.3 Å². The lowest BCUT2D eigenvalue weighted by Gasteiger charge is -2.10. The summed E-state index contributed by atoms with van der Waals surface area (Å²) in [7, 11) is 0. The lowest BCUT2D eigenvalue weighted by atomic mass is 9.96. The van der Waals surface area contributed by atoms with Crippen molar-refractivity contribution in [1.82, 2.24) is 0 Å². The Morgan fingerprint density at radius 2 is 2.18 bits per heavy atom. The van der Waals surface area contributed by atoms with Crippen LogP contribution < -0.4 is 5.73 Å². The van der Waals surface area contributed by atoms with Crippen LogP contribution in [0, 0.1) is 22.4 Å². The van der Waals surface area contributed by atoms with Crippen LogP contribution in [0.4, 0.5) is 5.69 Å². The van der Waals surface area contributed by atoms with Crippen molar-refractivity contribution in [3.8, 4) is 0 Å². The highest BCUT2D eigenvalue weighted by atomic mass is 32.1. The SMILES string of the molecule is CCC(=N)c1c(C(N)=S)ccc(C)c1[N+](=O)[O-]. The number of benzene rings is 1. The van der Waals surface area contributed by atoms with Crippen molar-refractivity contribution in [3.63, 3.8) is 0 Å². The van der Waals surface area contributed by atoms with E-state index >= 15 is 0 Å². The summed E-state index contributed by atoms with van der Waals surface area (Å²) in [6, 6.07) is 3.23. The Morgan fingerprint density at radius 1 is 1.59 bits per heavy atom. The van der Waals surface area contributed by atoms with Gasteiger partial charge < -0.3 is 11.1 Å². The van der Waals surface area contributed by atoms with Crippen LogP contribution in [0.5, 0.6) is 0 Å². The maximum Gasteiger partial charge on any atom is 0.281 e. The summed E-state index contributed by atoms with van der Waals surface area (Å²) in [6.07, 6.45) is 0.389. The Labute approximate surface area is 104 Å².